The van der Waals surface area contributed by atoms with Gasteiger partial charge >= 0.3 is 0 Å². The molecule has 3 rings (SSSR count). The minimum atomic E-state index is -0.242. The molecular formula is C13H14FN3O. The van der Waals surface area contributed by atoms with E-state index in [-0.39, 0.29) is 5.82 Å². The third-order valence-corrected chi connectivity index (χ3v) is 2.94. The minimum Gasteiger partial charge on any atom is -0.339 e. The van der Waals surface area contributed by atoms with Crippen molar-refractivity contribution in [3.63, 3.8) is 0 Å². The van der Waals surface area contributed by atoms with Crippen LogP contribution in [0.5, 0.6) is 0 Å². The highest BCUT2D eigenvalue weighted by Crippen LogP contribution is 2.19. The molecule has 1 aromatic carbocycles. The number of rotatable bonds is 5. The lowest BCUT2D eigenvalue weighted by Crippen LogP contribution is -2.16. The van der Waals surface area contributed by atoms with Crippen molar-refractivity contribution in [1.29, 1.82) is 0 Å². The molecule has 5 heteroatoms. The molecule has 94 valence electrons. The Labute approximate surface area is 104 Å². The van der Waals surface area contributed by atoms with E-state index in [1.54, 1.807) is 18.2 Å². The molecule has 18 heavy (non-hydrogen) atoms. The van der Waals surface area contributed by atoms with Crippen LogP contribution in [0.4, 0.5) is 4.39 Å². The number of aromatic nitrogens is 2. The summed E-state index contributed by atoms with van der Waals surface area (Å²) in [6.07, 6.45) is 2.78. The van der Waals surface area contributed by atoms with E-state index >= 15 is 0 Å². The van der Waals surface area contributed by atoms with Gasteiger partial charge in [-0.25, -0.2) is 4.39 Å². The number of hydrogen-bond donors (Lipinski definition) is 1. The molecule has 0 atom stereocenters. The Morgan fingerprint density at radius 2 is 2.17 bits per heavy atom. The second-order valence-electron chi connectivity index (χ2n) is 4.53. The van der Waals surface area contributed by atoms with Gasteiger partial charge in [0.2, 0.25) is 5.89 Å². The Balaban J connectivity index is 1.63. The van der Waals surface area contributed by atoms with Gasteiger partial charge in [0.15, 0.2) is 5.82 Å². The third kappa shape index (κ3) is 2.73. The van der Waals surface area contributed by atoms with Crippen molar-refractivity contribution < 1.29 is 8.91 Å². The summed E-state index contributed by atoms with van der Waals surface area (Å²) in [5.41, 5.74) is 0.572. The molecule has 0 unspecified atom stereocenters. The van der Waals surface area contributed by atoms with Crippen molar-refractivity contribution >= 4 is 0 Å². The van der Waals surface area contributed by atoms with Crippen LogP contribution in [0.25, 0.3) is 0 Å². The van der Waals surface area contributed by atoms with Crippen molar-refractivity contribution in [2.45, 2.75) is 31.8 Å². The van der Waals surface area contributed by atoms with E-state index in [0.717, 1.165) is 0 Å². The van der Waals surface area contributed by atoms with Crippen molar-refractivity contribution in [3.8, 4) is 0 Å². The number of nitrogens with zero attached hydrogens (tertiary/aromatic N) is 2. The standard InChI is InChI=1S/C13H14FN3O/c14-11-4-2-1-3-9(11)7-13-16-12(17-18-13)8-15-10-5-6-10/h1-4,10,15H,5-8H2. The molecule has 4 nitrogen and oxygen atoms in total. The molecule has 1 aliphatic carbocycles. The number of hydrogen-bond acceptors (Lipinski definition) is 4. The zero-order chi connectivity index (χ0) is 12.4. The average Bonchev–Trinajstić information content (AvgIpc) is 3.10. The third-order valence-electron chi connectivity index (χ3n) is 2.94. The van der Waals surface area contributed by atoms with Gasteiger partial charge in [-0.1, -0.05) is 23.4 Å². The highest BCUT2D eigenvalue weighted by molar-refractivity contribution is 5.20. The van der Waals surface area contributed by atoms with E-state index in [0.29, 0.717) is 36.3 Å². The first-order valence-electron chi connectivity index (χ1n) is 6.09. The van der Waals surface area contributed by atoms with Gasteiger partial charge in [0.1, 0.15) is 5.82 Å². The number of nitrogens with one attached hydrogen (secondary N) is 1. The van der Waals surface area contributed by atoms with Crippen LogP contribution in [0.3, 0.4) is 0 Å². The first-order chi connectivity index (χ1) is 8.81. The Morgan fingerprint density at radius 3 is 2.94 bits per heavy atom. The van der Waals surface area contributed by atoms with Crippen LogP contribution in [0.15, 0.2) is 28.8 Å². The van der Waals surface area contributed by atoms with Crippen LogP contribution in [0.1, 0.15) is 30.1 Å². The predicted molar refractivity (Wildman–Crippen MR) is 63.4 cm³/mol. The maximum atomic E-state index is 13.4. The quantitative estimate of drug-likeness (QED) is 0.878. The highest BCUT2D eigenvalue weighted by atomic mass is 19.1. The largest absolute Gasteiger partial charge is 0.339 e. The van der Waals surface area contributed by atoms with Crippen molar-refractivity contribution in [1.82, 2.24) is 15.5 Å². The fourth-order valence-corrected chi connectivity index (χ4v) is 1.76. The van der Waals surface area contributed by atoms with Crippen molar-refractivity contribution in [2.24, 2.45) is 0 Å². The number of halogens is 1. The molecule has 1 aliphatic rings. The van der Waals surface area contributed by atoms with Gasteiger partial charge in [0.05, 0.1) is 13.0 Å². The SMILES string of the molecule is Fc1ccccc1Cc1nc(CNC2CC2)no1. The highest BCUT2D eigenvalue weighted by Gasteiger charge is 2.21. The lowest BCUT2D eigenvalue weighted by Gasteiger charge is -1.97. The normalized spacial score (nSPS) is 14.9. The molecule has 1 fully saturated rings. The Kier molecular flexibility index (Phi) is 3.06. The summed E-state index contributed by atoms with van der Waals surface area (Å²) in [4.78, 5) is 4.24. The maximum absolute atomic E-state index is 13.4. The Hall–Kier alpha value is -1.75. The monoisotopic (exact) mass is 247 g/mol. The van der Waals surface area contributed by atoms with E-state index in [1.807, 2.05) is 0 Å². The molecule has 1 N–H and O–H groups in total. The summed E-state index contributed by atoms with van der Waals surface area (Å²) in [7, 11) is 0. The fraction of sp³-hybridized carbons (Fsp3) is 0.385. The molecule has 1 saturated carbocycles. The molecule has 1 aromatic heterocycles. The first kappa shape index (κ1) is 11.3. The fourth-order valence-electron chi connectivity index (χ4n) is 1.76. The first-order valence-corrected chi connectivity index (χ1v) is 6.09. The molecule has 0 amide bonds. The Bertz CT molecular complexity index is 537. The molecule has 0 bridgehead atoms. The van der Waals surface area contributed by atoms with E-state index < -0.39 is 0 Å². The second-order valence-corrected chi connectivity index (χ2v) is 4.53. The van der Waals surface area contributed by atoms with E-state index in [4.69, 9.17) is 4.52 Å². The van der Waals surface area contributed by atoms with E-state index in [1.165, 1.54) is 18.9 Å². The average molecular weight is 247 g/mol. The molecular weight excluding hydrogens is 233 g/mol. The van der Waals surface area contributed by atoms with Crippen molar-refractivity contribution in [2.75, 3.05) is 0 Å². The van der Waals surface area contributed by atoms with Gasteiger partial charge in [-0.3, -0.25) is 0 Å². The van der Waals surface area contributed by atoms with Gasteiger partial charge in [0, 0.05) is 6.04 Å². The maximum Gasteiger partial charge on any atom is 0.231 e. The van der Waals surface area contributed by atoms with Crippen LogP contribution < -0.4 is 5.32 Å². The van der Waals surface area contributed by atoms with Gasteiger partial charge in [0.25, 0.3) is 0 Å². The zero-order valence-corrected chi connectivity index (χ0v) is 9.90. The van der Waals surface area contributed by atoms with Gasteiger partial charge in [-0.15, -0.1) is 0 Å². The summed E-state index contributed by atoms with van der Waals surface area (Å²) in [6, 6.07) is 7.23. The van der Waals surface area contributed by atoms with E-state index in [9.17, 15) is 4.39 Å². The summed E-state index contributed by atoms with van der Waals surface area (Å²) >= 11 is 0. The molecule has 0 spiro atoms. The van der Waals surface area contributed by atoms with Crippen molar-refractivity contribution in [3.05, 3.63) is 47.4 Å². The van der Waals surface area contributed by atoms with Crippen LogP contribution in [-0.2, 0) is 13.0 Å². The summed E-state index contributed by atoms with van der Waals surface area (Å²) in [5, 5.41) is 7.17. The van der Waals surface area contributed by atoms with Crippen LogP contribution in [-0.4, -0.2) is 16.2 Å². The predicted octanol–water partition coefficient (Wildman–Crippen LogP) is 2.05. The Morgan fingerprint density at radius 1 is 1.33 bits per heavy atom. The summed E-state index contributed by atoms with van der Waals surface area (Å²) in [6.45, 7) is 0.617. The van der Waals surface area contributed by atoms with E-state index in [2.05, 4.69) is 15.5 Å². The lowest BCUT2D eigenvalue weighted by atomic mass is 10.1. The smallest absolute Gasteiger partial charge is 0.231 e. The molecule has 0 radical (unpaired) electrons. The summed E-state index contributed by atoms with van der Waals surface area (Å²) in [5.74, 6) is 0.842. The molecule has 0 aliphatic heterocycles. The second kappa shape index (κ2) is 4.86. The van der Waals surface area contributed by atoms with Gasteiger partial charge in [-0.05, 0) is 24.5 Å². The van der Waals surface area contributed by atoms with Gasteiger partial charge < -0.3 is 9.84 Å². The van der Waals surface area contributed by atoms with Crippen LogP contribution in [0, 0.1) is 5.82 Å². The summed E-state index contributed by atoms with van der Waals surface area (Å²) < 4.78 is 18.6. The van der Waals surface area contributed by atoms with Crippen LogP contribution >= 0.6 is 0 Å². The minimum absolute atomic E-state index is 0.242. The lowest BCUT2D eigenvalue weighted by molar-refractivity contribution is 0.376. The molecule has 1 heterocycles. The molecule has 2 aromatic rings. The molecule has 0 saturated heterocycles. The topological polar surface area (TPSA) is 51.0 Å². The van der Waals surface area contributed by atoms with Crippen LogP contribution in [0.2, 0.25) is 0 Å². The van der Waals surface area contributed by atoms with Gasteiger partial charge in [-0.2, -0.15) is 4.98 Å². The zero-order valence-electron chi connectivity index (χ0n) is 9.90. The number of benzene rings is 1.